The number of hydrogen-bond donors (Lipinski definition) is 3. The molecule has 6 heteroatoms. The van der Waals surface area contributed by atoms with E-state index < -0.39 is 0 Å². The molecule has 0 spiro atoms. The monoisotopic (exact) mass is 399 g/mol. The fourth-order valence-corrected chi connectivity index (χ4v) is 3.39. The van der Waals surface area contributed by atoms with Crippen LogP contribution in [-0.4, -0.2) is 15.8 Å². The Bertz CT molecular complexity index is 1180. The van der Waals surface area contributed by atoms with Gasteiger partial charge in [0.15, 0.2) is 5.82 Å². The number of benzene rings is 3. The minimum Gasteiger partial charge on any atom is -0.382 e. The number of nitrogens with two attached hydrogens (primary N) is 1. The molecule has 152 valence electrons. The van der Waals surface area contributed by atoms with Gasteiger partial charge in [0, 0.05) is 17.6 Å². The Kier molecular flexibility index (Phi) is 5.39. The number of carbonyl (C=O) groups excluding carboxylic acids is 1. The number of para-hydroxylation sites is 1. The van der Waals surface area contributed by atoms with E-state index in [-0.39, 0.29) is 6.03 Å². The molecular formula is C24H25N5O. The summed E-state index contributed by atoms with van der Waals surface area (Å²) in [6.07, 6.45) is 0. The third-order valence-electron chi connectivity index (χ3n) is 5.06. The van der Waals surface area contributed by atoms with Crippen molar-refractivity contribution < 1.29 is 4.79 Å². The molecule has 0 radical (unpaired) electrons. The summed E-state index contributed by atoms with van der Waals surface area (Å²) in [5.41, 5.74) is 10.9. The van der Waals surface area contributed by atoms with Crippen LogP contribution < -0.4 is 16.4 Å². The first-order chi connectivity index (χ1) is 14.5. The molecule has 6 nitrogen and oxygen atoms in total. The van der Waals surface area contributed by atoms with Crippen molar-refractivity contribution in [3.63, 3.8) is 0 Å². The highest BCUT2D eigenvalue weighted by molar-refractivity contribution is 5.90. The average Bonchev–Trinajstić information content (AvgIpc) is 3.10. The highest BCUT2D eigenvalue weighted by Crippen LogP contribution is 2.24. The number of fused-ring (bicyclic) bond motifs is 1. The highest BCUT2D eigenvalue weighted by Gasteiger charge is 2.10. The van der Waals surface area contributed by atoms with Crippen LogP contribution >= 0.6 is 0 Å². The Morgan fingerprint density at radius 2 is 1.80 bits per heavy atom. The van der Waals surface area contributed by atoms with Gasteiger partial charge in [-0.1, -0.05) is 50.2 Å². The van der Waals surface area contributed by atoms with Gasteiger partial charge in [-0.05, 0) is 53.4 Å². The number of anilines is 2. The number of nitrogens with zero attached hydrogens (tertiary/aromatic N) is 2. The van der Waals surface area contributed by atoms with Crippen LogP contribution in [0.4, 0.5) is 16.3 Å². The number of nitrogen functional groups attached to an aromatic ring is 1. The number of amides is 2. The van der Waals surface area contributed by atoms with Gasteiger partial charge < -0.3 is 16.4 Å². The maximum absolute atomic E-state index is 12.3. The molecule has 0 fully saturated rings. The van der Waals surface area contributed by atoms with Gasteiger partial charge >= 0.3 is 6.03 Å². The third kappa shape index (κ3) is 4.12. The van der Waals surface area contributed by atoms with Gasteiger partial charge in [0.25, 0.3) is 0 Å². The van der Waals surface area contributed by atoms with Gasteiger partial charge in [-0.2, -0.15) is 0 Å². The van der Waals surface area contributed by atoms with Gasteiger partial charge in [0.05, 0.1) is 11.2 Å². The topological polar surface area (TPSA) is 85.0 Å². The summed E-state index contributed by atoms with van der Waals surface area (Å²) in [5.74, 6) is 0.958. The summed E-state index contributed by atoms with van der Waals surface area (Å²) in [6, 6.07) is 23.4. The Hall–Kier alpha value is -3.80. The Balaban J connectivity index is 1.44. The lowest BCUT2D eigenvalue weighted by Gasteiger charge is -2.11. The summed E-state index contributed by atoms with van der Waals surface area (Å²) >= 11 is 0. The van der Waals surface area contributed by atoms with Crippen molar-refractivity contribution in [2.24, 2.45) is 0 Å². The summed E-state index contributed by atoms with van der Waals surface area (Å²) < 4.78 is 1.82. The lowest BCUT2D eigenvalue weighted by molar-refractivity contribution is 0.251. The predicted molar refractivity (Wildman–Crippen MR) is 122 cm³/mol. The number of rotatable bonds is 5. The smallest absolute Gasteiger partial charge is 0.319 e. The number of aromatic nitrogens is 2. The lowest BCUT2D eigenvalue weighted by Crippen LogP contribution is -2.28. The molecule has 1 heterocycles. The van der Waals surface area contributed by atoms with E-state index in [2.05, 4.69) is 29.6 Å². The Morgan fingerprint density at radius 1 is 1.03 bits per heavy atom. The van der Waals surface area contributed by atoms with Crippen LogP contribution in [0.1, 0.15) is 30.9 Å². The number of urea groups is 1. The molecule has 0 aliphatic carbocycles. The van der Waals surface area contributed by atoms with E-state index >= 15 is 0 Å². The normalized spacial score (nSPS) is 11.0. The van der Waals surface area contributed by atoms with Crippen LogP contribution in [0.3, 0.4) is 0 Å². The first-order valence-electron chi connectivity index (χ1n) is 9.98. The standard InChI is InChI=1S/C24H25N5O/c1-16(2)18-10-12-19(13-11-18)27-24(30)26-15-17-6-5-7-20(14-17)29-22-9-4-3-8-21(22)23(25)28-29/h3-14,16H,15H2,1-2H3,(H2,25,28)(H2,26,27,30). The fraction of sp³-hybridized carbons (Fsp3) is 0.167. The Labute approximate surface area is 175 Å². The number of nitrogens with one attached hydrogen (secondary N) is 2. The average molecular weight is 399 g/mol. The molecule has 4 N–H and O–H groups in total. The summed E-state index contributed by atoms with van der Waals surface area (Å²) in [7, 11) is 0. The van der Waals surface area contributed by atoms with Crippen molar-refractivity contribution in [3.05, 3.63) is 83.9 Å². The highest BCUT2D eigenvalue weighted by atomic mass is 16.2. The van der Waals surface area contributed by atoms with Crippen LogP contribution in [-0.2, 0) is 6.54 Å². The molecular weight excluding hydrogens is 374 g/mol. The van der Waals surface area contributed by atoms with E-state index in [9.17, 15) is 4.79 Å². The van der Waals surface area contributed by atoms with Gasteiger partial charge in [-0.3, -0.25) is 0 Å². The van der Waals surface area contributed by atoms with Crippen molar-refractivity contribution in [1.82, 2.24) is 15.1 Å². The van der Waals surface area contributed by atoms with Crippen LogP contribution in [0.2, 0.25) is 0 Å². The van der Waals surface area contributed by atoms with E-state index in [1.807, 2.05) is 77.5 Å². The van der Waals surface area contributed by atoms with Crippen molar-refractivity contribution in [1.29, 1.82) is 0 Å². The maximum Gasteiger partial charge on any atom is 0.319 e. The summed E-state index contributed by atoms with van der Waals surface area (Å²) in [4.78, 5) is 12.3. The molecule has 0 aliphatic rings. The van der Waals surface area contributed by atoms with E-state index in [1.165, 1.54) is 5.56 Å². The molecule has 4 rings (SSSR count). The van der Waals surface area contributed by atoms with Gasteiger partial charge in [0.1, 0.15) is 0 Å². The summed E-state index contributed by atoms with van der Waals surface area (Å²) in [5, 5.41) is 11.2. The third-order valence-corrected chi connectivity index (χ3v) is 5.06. The second-order valence-electron chi connectivity index (χ2n) is 7.57. The largest absolute Gasteiger partial charge is 0.382 e. The fourth-order valence-electron chi connectivity index (χ4n) is 3.39. The maximum atomic E-state index is 12.3. The molecule has 0 saturated carbocycles. The molecule has 0 bridgehead atoms. The number of hydrogen-bond acceptors (Lipinski definition) is 3. The zero-order valence-corrected chi connectivity index (χ0v) is 17.1. The second-order valence-corrected chi connectivity index (χ2v) is 7.57. The predicted octanol–water partition coefficient (Wildman–Crippen LogP) is 5.05. The second kappa shape index (κ2) is 8.29. The van der Waals surface area contributed by atoms with Crippen molar-refractivity contribution in [3.8, 4) is 5.69 Å². The molecule has 0 unspecified atom stereocenters. The first kappa shape index (κ1) is 19.5. The van der Waals surface area contributed by atoms with E-state index in [0.717, 1.165) is 27.8 Å². The van der Waals surface area contributed by atoms with Gasteiger partial charge in [-0.25, -0.2) is 9.48 Å². The molecule has 0 atom stereocenters. The van der Waals surface area contributed by atoms with Crippen molar-refractivity contribution in [2.45, 2.75) is 26.3 Å². The lowest BCUT2D eigenvalue weighted by atomic mass is 10.0. The van der Waals surface area contributed by atoms with Crippen LogP contribution in [0.5, 0.6) is 0 Å². The van der Waals surface area contributed by atoms with Crippen LogP contribution in [0.25, 0.3) is 16.6 Å². The minimum atomic E-state index is -0.244. The quantitative estimate of drug-likeness (QED) is 0.439. The van der Waals surface area contributed by atoms with Gasteiger partial charge in [-0.15, -0.1) is 5.10 Å². The SMILES string of the molecule is CC(C)c1ccc(NC(=O)NCc2cccc(-n3nc(N)c4ccccc43)c2)cc1. The molecule has 3 aromatic carbocycles. The zero-order chi connectivity index (χ0) is 21.1. The van der Waals surface area contributed by atoms with Crippen LogP contribution in [0, 0.1) is 0 Å². The molecule has 2 amide bonds. The van der Waals surface area contributed by atoms with Crippen molar-refractivity contribution >= 4 is 28.4 Å². The van der Waals surface area contributed by atoms with E-state index in [0.29, 0.717) is 18.3 Å². The molecule has 0 saturated heterocycles. The van der Waals surface area contributed by atoms with Crippen LogP contribution in [0.15, 0.2) is 72.8 Å². The van der Waals surface area contributed by atoms with E-state index in [4.69, 9.17) is 5.73 Å². The summed E-state index contributed by atoms with van der Waals surface area (Å²) in [6.45, 7) is 4.69. The Morgan fingerprint density at radius 3 is 2.57 bits per heavy atom. The molecule has 4 aromatic rings. The van der Waals surface area contributed by atoms with Gasteiger partial charge in [0.2, 0.25) is 0 Å². The zero-order valence-electron chi connectivity index (χ0n) is 17.1. The number of carbonyl (C=O) groups is 1. The molecule has 0 aliphatic heterocycles. The van der Waals surface area contributed by atoms with Crippen molar-refractivity contribution in [2.75, 3.05) is 11.1 Å². The first-order valence-corrected chi connectivity index (χ1v) is 9.98. The molecule has 30 heavy (non-hydrogen) atoms. The minimum absolute atomic E-state index is 0.244. The molecule has 1 aromatic heterocycles. The van der Waals surface area contributed by atoms with E-state index in [1.54, 1.807) is 0 Å².